The Kier molecular flexibility index (Phi) is 3.37. The third kappa shape index (κ3) is 2.89. The topological polar surface area (TPSA) is 22.1 Å². The van der Waals surface area contributed by atoms with Gasteiger partial charge in [-0.1, -0.05) is 18.2 Å². The maximum atomic E-state index is 6.08. The van der Waals surface area contributed by atoms with Crippen LogP contribution in [0, 0.1) is 6.92 Å². The second-order valence-corrected chi connectivity index (χ2v) is 5.38. The lowest BCUT2D eigenvalue weighted by atomic mass is 10.1. The van der Waals surface area contributed by atoms with Gasteiger partial charge in [-0.2, -0.15) is 0 Å². The molecule has 1 aromatic carbocycles. The molecule has 0 atom stereocenters. The quantitative estimate of drug-likeness (QED) is 0.784. The average molecular weight is 241 g/mol. The van der Waals surface area contributed by atoms with Crippen molar-refractivity contribution in [3.63, 3.8) is 0 Å². The van der Waals surface area contributed by atoms with Crippen LogP contribution in [0.15, 0.2) is 42.6 Å². The first-order valence-corrected chi connectivity index (χ1v) is 6.17. The number of benzene rings is 1. The van der Waals surface area contributed by atoms with Crippen LogP contribution in [-0.2, 0) is 0 Å². The monoisotopic (exact) mass is 241 g/mol. The molecule has 2 heteroatoms. The zero-order valence-electron chi connectivity index (χ0n) is 11.4. The van der Waals surface area contributed by atoms with E-state index >= 15 is 0 Å². The summed E-state index contributed by atoms with van der Waals surface area (Å²) in [6.45, 7) is 8.23. The standard InChI is InChI=1S/C16H19NO/c1-12-8-7-9-13(14-10-5-6-11-17-14)15(12)18-16(2,3)4/h5-11H,1-4H3. The first-order chi connectivity index (χ1) is 8.47. The van der Waals surface area contributed by atoms with Crippen LogP contribution in [0.1, 0.15) is 26.3 Å². The predicted octanol–water partition coefficient (Wildman–Crippen LogP) is 4.23. The van der Waals surface area contributed by atoms with Crippen LogP contribution in [0.25, 0.3) is 11.3 Å². The van der Waals surface area contributed by atoms with E-state index in [9.17, 15) is 0 Å². The maximum absolute atomic E-state index is 6.08. The molecule has 0 fully saturated rings. The number of aromatic nitrogens is 1. The highest BCUT2D eigenvalue weighted by Gasteiger charge is 2.17. The van der Waals surface area contributed by atoms with Gasteiger partial charge in [0.25, 0.3) is 0 Å². The van der Waals surface area contributed by atoms with Crippen LogP contribution in [0.2, 0.25) is 0 Å². The minimum atomic E-state index is -0.213. The van der Waals surface area contributed by atoms with Crippen molar-refractivity contribution in [3.05, 3.63) is 48.2 Å². The highest BCUT2D eigenvalue weighted by Crippen LogP contribution is 2.33. The summed E-state index contributed by atoms with van der Waals surface area (Å²) in [6.07, 6.45) is 1.80. The van der Waals surface area contributed by atoms with E-state index in [1.54, 1.807) is 6.20 Å². The molecule has 0 aliphatic carbocycles. The number of para-hydroxylation sites is 1. The minimum absolute atomic E-state index is 0.213. The lowest BCUT2D eigenvalue weighted by Crippen LogP contribution is -2.23. The van der Waals surface area contributed by atoms with Crippen LogP contribution in [0.5, 0.6) is 5.75 Å². The van der Waals surface area contributed by atoms with Gasteiger partial charge in [0.2, 0.25) is 0 Å². The normalized spacial score (nSPS) is 11.3. The molecule has 0 aliphatic rings. The molecule has 0 unspecified atom stereocenters. The third-order valence-corrected chi connectivity index (χ3v) is 2.56. The lowest BCUT2D eigenvalue weighted by molar-refractivity contribution is 0.130. The number of rotatable bonds is 2. The van der Waals surface area contributed by atoms with E-state index in [1.807, 2.05) is 24.3 Å². The van der Waals surface area contributed by atoms with Gasteiger partial charge in [0.1, 0.15) is 11.4 Å². The molecular weight excluding hydrogens is 222 g/mol. The molecule has 0 amide bonds. The highest BCUT2D eigenvalue weighted by atomic mass is 16.5. The highest BCUT2D eigenvalue weighted by molar-refractivity contribution is 5.69. The average Bonchev–Trinajstić information content (AvgIpc) is 2.31. The van der Waals surface area contributed by atoms with Crippen LogP contribution in [0.3, 0.4) is 0 Å². The molecule has 0 aliphatic heterocycles. The summed E-state index contributed by atoms with van der Waals surface area (Å²) in [5.41, 5.74) is 2.91. The second-order valence-electron chi connectivity index (χ2n) is 5.38. The van der Waals surface area contributed by atoms with Crippen molar-refractivity contribution in [2.75, 3.05) is 0 Å². The van der Waals surface area contributed by atoms with Crippen molar-refractivity contribution in [1.82, 2.24) is 4.98 Å². The van der Waals surface area contributed by atoms with Crippen molar-refractivity contribution < 1.29 is 4.74 Å². The Labute approximate surface area is 109 Å². The van der Waals surface area contributed by atoms with Gasteiger partial charge in [-0.05, 0) is 51.5 Å². The first kappa shape index (κ1) is 12.6. The molecular formula is C16H19NO. The third-order valence-electron chi connectivity index (χ3n) is 2.56. The van der Waals surface area contributed by atoms with Crippen LogP contribution in [0.4, 0.5) is 0 Å². The van der Waals surface area contributed by atoms with Crippen LogP contribution in [-0.4, -0.2) is 10.6 Å². The Morgan fingerprint density at radius 3 is 2.39 bits per heavy atom. The fourth-order valence-electron chi connectivity index (χ4n) is 1.82. The zero-order valence-corrected chi connectivity index (χ0v) is 11.4. The van der Waals surface area contributed by atoms with Gasteiger partial charge in [-0.25, -0.2) is 0 Å². The number of hydrogen-bond donors (Lipinski definition) is 0. The summed E-state index contributed by atoms with van der Waals surface area (Å²) < 4.78 is 6.08. The van der Waals surface area contributed by atoms with Crippen LogP contribution >= 0.6 is 0 Å². The molecule has 94 valence electrons. The molecule has 1 heterocycles. The largest absolute Gasteiger partial charge is 0.487 e. The summed E-state index contributed by atoms with van der Waals surface area (Å²) >= 11 is 0. The van der Waals surface area contributed by atoms with Crippen molar-refractivity contribution in [1.29, 1.82) is 0 Å². The molecule has 0 saturated heterocycles. The van der Waals surface area contributed by atoms with Gasteiger partial charge in [0, 0.05) is 11.8 Å². The molecule has 2 nitrogen and oxygen atoms in total. The van der Waals surface area contributed by atoms with Crippen molar-refractivity contribution in [2.24, 2.45) is 0 Å². The zero-order chi connectivity index (χ0) is 13.2. The summed E-state index contributed by atoms with van der Waals surface area (Å²) in [6, 6.07) is 12.1. The molecule has 0 bridgehead atoms. The fourth-order valence-corrected chi connectivity index (χ4v) is 1.82. The number of nitrogens with zero attached hydrogens (tertiary/aromatic N) is 1. The maximum Gasteiger partial charge on any atom is 0.132 e. The van der Waals surface area contributed by atoms with E-state index in [2.05, 4.69) is 44.8 Å². The lowest BCUT2D eigenvalue weighted by Gasteiger charge is -2.24. The van der Waals surface area contributed by atoms with Crippen molar-refractivity contribution in [3.8, 4) is 17.0 Å². The molecule has 0 saturated carbocycles. The van der Waals surface area contributed by atoms with Gasteiger partial charge in [-0.3, -0.25) is 4.98 Å². The predicted molar refractivity (Wildman–Crippen MR) is 74.8 cm³/mol. The Bertz CT molecular complexity index is 527. The molecule has 0 radical (unpaired) electrons. The summed E-state index contributed by atoms with van der Waals surface area (Å²) in [4.78, 5) is 4.40. The van der Waals surface area contributed by atoms with Gasteiger partial charge < -0.3 is 4.74 Å². The van der Waals surface area contributed by atoms with Crippen LogP contribution < -0.4 is 4.74 Å². The van der Waals surface area contributed by atoms with E-state index in [4.69, 9.17) is 4.74 Å². The Morgan fingerprint density at radius 1 is 1.00 bits per heavy atom. The van der Waals surface area contributed by atoms with E-state index < -0.39 is 0 Å². The second kappa shape index (κ2) is 4.81. The van der Waals surface area contributed by atoms with Gasteiger partial charge in [0.05, 0.1) is 5.69 Å². The molecule has 18 heavy (non-hydrogen) atoms. The summed E-state index contributed by atoms with van der Waals surface area (Å²) in [5.74, 6) is 0.920. The molecule has 2 aromatic rings. The number of ether oxygens (including phenoxy) is 1. The molecule has 1 aromatic heterocycles. The smallest absolute Gasteiger partial charge is 0.132 e. The van der Waals surface area contributed by atoms with Gasteiger partial charge in [0.15, 0.2) is 0 Å². The Morgan fingerprint density at radius 2 is 1.78 bits per heavy atom. The number of pyridine rings is 1. The Balaban J connectivity index is 2.51. The van der Waals surface area contributed by atoms with Crippen molar-refractivity contribution in [2.45, 2.75) is 33.3 Å². The van der Waals surface area contributed by atoms with E-state index in [0.29, 0.717) is 0 Å². The number of aryl methyl sites for hydroxylation is 1. The number of hydrogen-bond acceptors (Lipinski definition) is 2. The van der Waals surface area contributed by atoms with Crippen molar-refractivity contribution >= 4 is 0 Å². The van der Waals surface area contributed by atoms with Gasteiger partial charge >= 0.3 is 0 Å². The SMILES string of the molecule is Cc1cccc(-c2ccccn2)c1OC(C)(C)C. The molecule has 2 rings (SSSR count). The van der Waals surface area contributed by atoms with Gasteiger partial charge in [-0.15, -0.1) is 0 Å². The van der Waals surface area contributed by atoms with E-state index in [1.165, 1.54) is 0 Å². The summed E-state index contributed by atoms with van der Waals surface area (Å²) in [5, 5.41) is 0. The van der Waals surface area contributed by atoms with E-state index in [0.717, 1.165) is 22.6 Å². The first-order valence-electron chi connectivity index (χ1n) is 6.17. The summed E-state index contributed by atoms with van der Waals surface area (Å²) in [7, 11) is 0. The molecule has 0 N–H and O–H groups in total. The Hall–Kier alpha value is -1.83. The minimum Gasteiger partial charge on any atom is -0.487 e. The van der Waals surface area contributed by atoms with E-state index in [-0.39, 0.29) is 5.60 Å². The molecule has 0 spiro atoms. The fraction of sp³-hybridized carbons (Fsp3) is 0.312.